The second-order valence-electron chi connectivity index (χ2n) is 4.44. The lowest BCUT2D eigenvalue weighted by Gasteiger charge is -2.33. The third-order valence-electron chi connectivity index (χ3n) is 3.04. The topological polar surface area (TPSA) is 29.3 Å². The Hall–Kier alpha value is -0.740. The molecule has 0 amide bonds. The number of thioether (sulfide) groups is 1. The summed E-state index contributed by atoms with van der Waals surface area (Å²) in [5.74, 6) is 0.970. The second-order valence-corrected chi connectivity index (χ2v) is 5.99. The third kappa shape index (κ3) is 3.13. The predicted molar refractivity (Wildman–Crippen MR) is 73.3 cm³/mol. The molecule has 4 heteroatoms. The van der Waals surface area contributed by atoms with Crippen LogP contribution in [-0.4, -0.2) is 30.6 Å². The van der Waals surface area contributed by atoms with E-state index in [0.29, 0.717) is 11.8 Å². The summed E-state index contributed by atoms with van der Waals surface area (Å²) in [6.45, 7) is 4.88. The highest BCUT2D eigenvalue weighted by Crippen LogP contribution is 2.27. The number of nitrogens with zero attached hydrogens (tertiary/aromatic N) is 1. The van der Waals surface area contributed by atoms with Crippen molar-refractivity contribution in [1.82, 2.24) is 0 Å². The van der Waals surface area contributed by atoms with Gasteiger partial charge in [-0.15, -0.1) is 0 Å². The van der Waals surface area contributed by atoms with Crippen molar-refractivity contribution in [3.63, 3.8) is 0 Å². The predicted octanol–water partition coefficient (Wildman–Crippen LogP) is 2.27. The molecule has 0 bridgehead atoms. The van der Waals surface area contributed by atoms with Crippen LogP contribution in [-0.2, 0) is 6.42 Å². The first-order chi connectivity index (χ1) is 8.20. The Morgan fingerprint density at radius 2 is 2.35 bits per heavy atom. The third-order valence-corrected chi connectivity index (χ3v) is 4.17. The Labute approximate surface area is 106 Å². The lowest BCUT2D eigenvalue weighted by Crippen LogP contribution is -2.37. The molecule has 1 aromatic rings. The highest BCUT2D eigenvalue weighted by Gasteiger charge is 2.19. The molecular weight excluding hydrogens is 235 g/mol. The average molecular weight is 254 g/mol. The summed E-state index contributed by atoms with van der Waals surface area (Å²) in [5.41, 5.74) is 7.78. The first-order valence-electron chi connectivity index (χ1n) is 6.05. The summed E-state index contributed by atoms with van der Waals surface area (Å²) in [5, 5.41) is 0.638. The van der Waals surface area contributed by atoms with Gasteiger partial charge in [-0.3, -0.25) is 0 Å². The number of rotatable bonds is 3. The zero-order chi connectivity index (χ0) is 12.3. The van der Waals surface area contributed by atoms with Crippen LogP contribution in [0.15, 0.2) is 18.2 Å². The van der Waals surface area contributed by atoms with Crippen molar-refractivity contribution in [2.75, 3.05) is 30.3 Å². The van der Waals surface area contributed by atoms with Crippen LogP contribution < -0.4 is 10.6 Å². The molecular formula is C13H19FN2S. The van der Waals surface area contributed by atoms with Crippen molar-refractivity contribution >= 4 is 17.4 Å². The molecule has 2 nitrogen and oxygen atoms in total. The van der Waals surface area contributed by atoms with Crippen LogP contribution in [0, 0.1) is 5.82 Å². The van der Waals surface area contributed by atoms with Crippen molar-refractivity contribution in [2.24, 2.45) is 5.73 Å². The van der Waals surface area contributed by atoms with Crippen molar-refractivity contribution < 1.29 is 4.39 Å². The van der Waals surface area contributed by atoms with E-state index < -0.39 is 0 Å². The van der Waals surface area contributed by atoms with Crippen LogP contribution in [0.1, 0.15) is 12.5 Å². The summed E-state index contributed by atoms with van der Waals surface area (Å²) in [7, 11) is 0. The molecule has 1 atom stereocenters. The number of halogens is 1. The van der Waals surface area contributed by atoms with Gasteiger partial charge in [0.1, 0.15) is 5.82 Å². The molecule has 1 unspecified atom stereocenters. The van der Waals surface area contributed by atoms with Crippen LogP contribution >= 0.6 is 11.8 Å². The summed E-state index contributed by atoms with van der Waals surface area (Å²) in [6.07, 6.45) is 0.741. The first-order valence-corrected chi connectivity index (χ1v) is 7.10. The van der Waals surface area contributed by atoms with Gasteiger partial charge in [0.05, 0.1) is 0 Å². The van der Waals surface area contributed by atoms with Gasteiger partial charge < -0.3 is 10.6 Å². The molecule has 0 radical (unpaired) electrons. The molecule has 1 fully saturated rings. The highest BCUT2D eigenvalue weighted by molar-refractivity contribution is 8.00. The molecule has 17 heavy (non-hydrogen) atoms. The van der Waals surface area contributed by atoms with Crippen LogP contribution in [0.25, 0.3) is 0 Å². The maximum atomic E-state index is 13.3. The minimum absolute atomic E-state index is 0.170. The van der Waals surface area contributed by atoms with E-state index in [0.717, 1.165) is 36.5 Å². The van der Waals surface area contributed by atoms with Crippen molar-refractivity contribution in [3.8, 4) is 0 Å². The molecule has 0 saturated carbocycles. The number of hydrogen-bond donors (Lipinski definition) is 1. The van der Waals surface area contributed by atoms with Gasteiger partial charge in [0.2, 0.25) is 0 Å². The van der Waals surface area contributed by atoms with Crippen molar-refractivity contribution in [1.29, 1.82) is 0 Å². The minimum Gasteiger partial charge on any atom is -0.369 e. The van der Waals surface area contributed by atoms with Crippen molar-refractivity contribution in [3.05, 3.63) is 29.6 Å². The zero-order valence-electron chi connectivity index (χ0n) is 10.2. The van der Waals surface area contributed by atoms with E-state index in [9.17, 15) is 4.39 Å². The summed E-state index contributed by atoms with van der Waals surface area (Å²) >= 11 is 2.00. The van der Waals surface area contributed by atoms with Crippen LogP contribution in [0.5, 0.6) is 0 Å². The summed E-state index contributed by atoms with van der Waals surface area (Å²) in [6, 6.07) is 5.05. The Morgan fingerprint density at radius 1 is 1.53 bits per heavy atom. The number of benzene rings is 1. The fourth-order valence-corrected chi connectivity index (χ4v) is 3.27. The SMILES string of the molecule is CC1CN(c2ccc(F)cc2CCN)CCS1. The maximum Gasteiger partial charge on any atom is 0.123 e. The van der Waals surface area contributed by atoms with Gasteiger partial charge in [0.25, 0.3) is 0 Å². The summed E-state index contributed by atoms with van der Waals surface area (Å²) in [4.78, 5) is 2.35. The van der Waals surface area contributed by atoms with E-state index in [4.69, 9.17) is 5.73 Å². The Kier molecular flexibility index (Phi) is 4.29. The normalized spacial score (nSPS) is 20.6. The smallest absolute Gasteiger partial charge is 0.123 e. The Bertz CT molecular complexity index is 384. The Morgan fingerprint density at radius 3 is 3.06 bits per heavy atom. The minimum atomic E-state index is -0.170. The maximum absolute atomic E-state index is 13.3. The molecule has 1 saturated heterocycles. The van der Waals surface area contributed by atoms with Crippen molar-refractivity contribution in [2.45, 2.75) is 18.6 Å². The van der Waals surface area contributed by atoms with E-state index in [1.807, 2.05) is 17.8 Å². The summed E-state index contributed by atoms with van der Waals surface area (Å²) < 4.78 is 13.3. The molecule has 2 rings (SSSR count). The van der Waals surface area contributed by atoms with Gasteiger partial charge in [-0.05, 0) is 36.7 Å². The molecule has 1 aliphatic rings. The molecule has 94 valence electrons. The van der Waals surface area contributed by atoms with Gasteiger partial charge in [0, 0.05) is 29.8 Å². The van der Waals surface area contributed by atoms with Crippen LogP contribution in [0.3, 0.4) is 0 Å². The van der Waals surface area contributed by atoms with E-state index in [2.05, 4.69) is 11.8 Å². The van der Waals surface area contributed by atoms with Crippen LogP contribution in [0.2, 0.25) is 0 Å². The van der Waals surface area contributed by atoms with Crippen LogP contribution in [0.4, 0.5) is 10.1 Å². The number of hydrogen-bond acceptors (Lipinski definition) is 3. The number of nitrogens with two attached hydrogens (primary N) is 1. The molecule has 1 aromatic carbocycles. The molecule has 1 heterocycles. The monoisotopic (exact) mass is 254 g/mol. The fraction of sp³-hybridized carbons (Fsp3) is 0.538. The van der Waals surface area contributed by atoms with Gasteiger partial charge in [0.15, 0.2) is 0 Å². The lowest BCUT2D eigenvalue weighted by molar-refractivity contribution is 0.624. The first kappa shape index (κ1) is 12.7. The molecule has 0 aromatic heterocycles. The number of anilines is 1. The highest BCUT2D eigenvalue weighted by atomic mass is 32.2. The Balaban J connectivity index is 2.23. The van der Waals surface area contributed by atoms with Gasteiger partial charge in [-0.2, -0.15) is 11.8 Å². The van der Waals surface area contributed by atoms with E-state index in [-0.39, 0.29) is 5.82 Å². The van der Waals surface area contributed by atoms with E-state index >= 15 is 0 Å². The molecule has 0 spiro atoms. The van der Waals surface area contributed by atoms with Gasteiger partial charge >= 0.3 is 0 Å². The average Bonchev–Trinajstić information content (AvgIpc) is 2.29. The van der Waals surface area contributed by atoms with E-state index in [1.54, 1.807) is 12.1 Å². The van der Waals surface area contributed by atoms with E-state index in [1.165, 1.54) is 0 Å². The molecule has 1 aliphatic heterocycles. The largest absolute Gasteiger partial charge is 0.369 e. The molecule has 2 N–H and O–H groups in total. The zero-order valence-corrected chi connectivity index (χ0v) is 11.0. The van der Waals surface area contributed by atoms with Gasteiger partial charge in [-0.25, -0.2) is 4.39 Å². The van der Waals surface area contributed by atoms with Gasteiger partial charge in [-0.1, -0.05) is 6.92 Å². The lowest BCUT2D eigenvalue weighted by atomic mass is 10.1. The quantitative estimate of drug-likeness (QED) is 0.897. The second kappa shape index (κ2) is 5.74. The fourth-order valence-electron chi connectivity index (χ4n) is 2.26. The molecule has 0 aliphatic carbocycles. The standard InChI is InChI=1S/C13H19FN2S/c1-10-9-16(6-7-17-10)13-3-2-12(14)8-11(13)4-5-15/h2-3,8,10H,4-7,9,15H2,1H3.